The minimum Gasteiger partial charge on any atom is -0.376 e. The minimum absolute atomic E-state index is 0.0253. The number of ether oxygens (including phenoxy) is 1. The topological polar surface area (TPSA) is 41.6 Å². The van der Waals surface area contributed by atoms with E-state index in [0.29, 0.717) is 0 Å². The van der Waals surface area contributed by atoms with Crippen molar-refractivity contribution in [3.63, 3.8) is 0 Å². The molecule has 4 nitrogen and oxygen atoms in total. The lowest BCUT2D eigenvalue weighted by atomic mass is 10.0. The summed E-state index contributed by atoms with van der Waals surface area (Å²) in [5.74, 6) is 0.253. The summed E-state index contributed by atoms with van der Waals surface area (Å²) in [5.41, 5.74) is 0. The highest BCUT2D eigenvalue weighted by Crippen LogP contribution is 2.17. The van der Waals surface area contributed by atoms with E-state index in [0.717, 1.165) is 39.0 Å². The van der Waals surface area contributed by atoms with Crippen molar-refractivity contribution in [1.82, 2.24) is 10.2 Å². The number of piperidine rings is 1. The van der Waals surface area contributed by atoms with E-state index in [1.54, 1.807) is 0 Å². The first-order valence-electron chi connectivity index (χ1n) is 6.39. The zero-order valence-corrected chi connectivity index (χ0v) is 10.1. The van der Waals surface area contributed by atoms with Crippen LogP contribution in [0, 0.1) is 0 Å². The Morgan fingerprint density at radius 1 is 1.38 bits per heavy atom. The van der Waals surface area contributed by atoms with E-state index in [2.05, 4.69) is 5.32 Å². The minimum atomic E-state index is 0.0253. The van der Waals surface area contributed by atoms with Crippen LogP contribution in [0.3, 0.4) is 0 Å². The molecule has 92 valence electrons. The fourth-order valence-corrected chi connectivity index (χ4v) is 2.59. The van der Waals surface area contributed by atoms with Gasteiger partial charge in [-0.25, -0.2) is 0 Å². The van der Waals surface area contributed by atoms with Gasteiger partial charge in [0.2, 0.25) is 5.91 Å². The second-order valence-electron chi connectivity index (χ2n) is 4.76. The molecule has 4 heteroatoms. The Balaban J connectivity index is 1.85. The summed E-state index contributed by atoms with van der Waals surface area (Å²) in [6.45, 7) is 2.55. The fourth-order valence-electron chi connectivity index (χ4n) is 2.59. The Morgan fingerprint density at radius 2 is 2.25 bits per heavy atom. The molecule has 0 saturated carbocycles. The summed E-state index contributed by atoms with van der Waals surface area (Å²) < 4.78 is 5.68. The van der Waals surface area contributed by atoms with Gasteiger partial charge in [-0.1, -0.05) is 0 Å². The van der Waals surface area contributed by atoms with Gasteiger partial charge in [-0.3, -0.25) is 4.79 Å². The molecule has 2 atom stereocenters. The lowest BCUT2D eigenvalue weighted by Crippen LogP contribution is -2.52. The average Bonchev–Trinajstić information content (AvgIpc) is 2.33. The summed E-state index contributed by atoms with van der Waals surface area (Å²) >= 11 is 0. The second kappa shape index (κ2) is 5.64. The Hall–Kier alpha value is -0.610. The van der Waals surface area contributed by atoms with Gasteiger partial charge in [-0.2, -0.15) is 0 Å². The standard InChI is InChI=1S/C12H22N2O2/c1-13-11-6-4-7-14(12(11)15)9-10-5-2-3-8-16-10/h10-11,13H,2-9H2,1H3. The molecule has 0 radical (unpaired) electrons. The second-order valence-corrected chi connectivity index (χ2v) is 4.76. The van der Waals surface area contributed by atoms with Crippen LogP contribution in [0.15, 0.2) is 0 Å². The molecule has 1 amide bonds. The average molecular weight is 226 g/mol. The van der Waals surface area contributed by atoms with Gasteiger partial charge in [0, 0.05) is 19.7 Å². The summed E-state index contributed by atoms with van der Waals surface area (Å²) in [5, 5.41) is 3.09. The number of likely N-dealkylation sites (N-methyl/N-ethyl adjacent to an activating group) is 1. The first-order chi connectivity index (χ1) is 7.81. The summed E-state index contributed by atoms with van der Waals surface area (Å²) in [7, 11) is 1.86. The van der Waals surface area contributed by atoms with E-state index >= 15 is 0 Å². The van der Waals surface area contributed by atoms with Crippen LogP contribution < -0.4 is 5.32 Å². The fraction of sp³-hybridized carbons (Fsp3) is 0.917. The predicted molar refractivity (Wildman–Crippen MR) is 62.3 cm³/mol. The number of amides is 1. The van der Waals surface area contributed by atoms with Crippen LogP contribution in [0.25, 0.3) is 0 Å². The molecule has 2 rings (SSSR count). The van der Waals surface area contributed by atoms with Crippen molar-refractivity contribution in [3.8, 4) is 0 Å². The van der Waals surface area contributed by atoms with Crippen LogP contribution in [-0.2, 0) is 9.53 Å². The van der Waals surface area contributed by atoms with Crippen molar-refractivity contribution >= 4 is 5.91 Å². The molecule has 0 aromatic heterocycles. The third kappa shape index (κ3) is 2.74. The quantitative estimate of drug-likeness (QED) is 0.772. The highest BCUT2D eigenvalue weighted by molar-refractivity contribution is 5.82. The zero-order chi connectivity index (χ0) is 11.4. The third-order valence-corrected chi connectivity index (χ3v) is 3.58. The summed E-state index contributed by atoms with van der Waals surface area (Å²) in [6.07, 6.45) is 5.86. The summed E-state index contributed by atoms with van der Waals surface area (Å²) in [4.78, 5) is 14.0. The largest absolute Gasteiger partial charge is 0.376 e. The molecule has 0 spiro atoms. The van der Waals surface area contributed by atoms with Crippen LogP contribution in [0.5, 0.6) is 0 Å². The molecule has 0 aromatic carbocycles. The van der Waals surface area contributed by atoms with Crippen molar-refractivity contribution in [1.29, 1.82) is 0 Å². The predicted octanol–water partition coefficient (Wildman–Crippen LogP) is 0.766. The van der Waals surface area contributed by atoms with Gasteiger partial charge in [-0.05, 0) is 39.2 Å². The van der Waals surface area contributed by atoms with Crippen LogP contribution in [0.1, 0.15) is 32.1 Å². The lowest BCUT2D eigenvalue weighted by Gasteiger charge is -2.35. The maximum Gasteiger partial charge on any atom is 0.239 e. The summed E-state index contributed by atoms with van der Waals surface area (Å²) in [6, 6.07) is 0.0253. The normalized spacial score (nSPS) is 31.8. The molecule has 2 heterocycles. The van der Waals surface area contributed by atoms with Crippen LogP contribution in [0.2, 0.25) is 0 Å². The van der Waals surface area contributed by atoms with E-state index < -0.39 is 0 Å². The Kier molecular flexibility index (Phi) is 4.18. The maximum absolute atomic E-state index is 12.0. The molecule has 2 aliphatic rings. The number of nitrogens with one attached hydrogen (secondary N) is 1. The smallest absolute Gasteiger partial charge is 0.239 e. The van der Waals surface area contributed by atoms with Gasteiger partial charge in [0.1, 0.15) is 0 Å². The monoisotopic (exact) mass is 226 g/mol. The Morgan fingerprint density at radius 3 is 2.94 bits per heavy atom. The number of rotatable bonds is 3. The molecule has 0 aliphatic carbocycles. The molecule has 16 heavy (non-hydrogen) atoms. The van der Waals surface area contributed by atoms with Crippen LogP contribution in [0.4, 0.5) is 0 Å². The van der Waals surface area contributed by atoms with Gasteiger partial charge >= 0.3 is 0 Å². The Labute approximate surface area is 97.3 Å². The third-order valence-electron chi connectivity index (χ3n) is 3.58. The number of hydrogen-bond donors (Lipinski definition) is 1. The van der Waals surface area contributed by atoms with E-state index in [-0.39, 0.29) is 18.1 Å². The van der Waals surface area contributed by atoms with Crippen LogP contribution in [-0.4, -0.2) is 49.7 Å². The van der Waals surface area contributed by atoms with E-state index in [4.69, 9.17) is 4.74 Å². The molecule has 0 aromatic rings. The van der Waals surface area contributed by atoms with Gasteiger partial charge in [-0.15, -0.1) is 0 Å². The highest BCUT2D eigenvalue weighted by Gasteiger charge is 2.29. The van der Waals surface area contributed by atoms with E-state index in [9.17, 15) is 4.79 Å². The molecular formula is C12H22N2O2. The lowest BCUT2D eigenvalue weighted by molar-refractivity contribution is -0.138. The number of likely N-dealkylation sites (tertiary alicyclic amines) is 1. The molecular weight excluding hydrogens is 204 g/mol. The molecule has 0 bridgehead atoms. The van der Waals surface area contributed by atoms with E-state index in [1.807, 2.05) is 11.9 Å². The number of nitrogens with zero attached hydrogens (tertiary/aromatic N) is 1. The maximum atomic E-state index is 12.0. The number of carbonyl (C=O) groups is 1. The zero-order valence-electron chi connectivity index (χ0n) is 10.1. The van der Waals surface area contributed by atoms with Gasteiger partial charge in [0.05, 0.1) is 12.1 Å². The van der Waals surface area contributed by atoms with E-state index in [1.165, 1.54) is 12.8 Å². The van der Waals surface area contributed by atoms with Crippen molar-refractivity contribution in [2.75, 3.05) is 26.7 Å². The van der Waals surface area contributed by atoms with Gasteiger partial charge < -0.3 is 15.0 Å². The van der Waals surface area contributed by atoms with Crippen molar-refractivity contribution in [2.24, 2.45) is 0 Å². The number of carbonyl (C=O) groups excluding carboxylic acids is 1. The molecule has 2 saturated heterocycles. The van der Waals surface area contributed by atoms with Crippen LogP contribution >= 0.6 is 0 Å². The SMILES string of the molecule is CNC1CCCN(CC2CCCCO2)C1=O. The first-order valence-corrected chi connectivity index (χ1v) is 6.39. The first kappa shape index (κ1) is 11.9. The molecule has 2 unspecified atom stereocenters. The Bertz CT molecular complexity index is 239. The number of hydrogen-bond acceptors (Lipinski definition) is 3. The van der Waals surface area contributed by atoms with Crippen molar-refractivity contribution in [2.45, 2.75) is 44.2 Å². The van der Waals surface area contributed by atoms with Crippen molar-refractivity contribution < 1.29 is 9.53 Å². The molecule has 2 aliphatic heterocycles. The molecule has 1 N–H and O–H groups in total. The van der Waals surface area contributed by atoms with Gasteiger partial charge in [0.15, 0.2) is 0 Å². The highest BCUT2D eigenvalue weighted by atomic mass is 16.5. The van der Waals surface area contributed by atoms with Crippen molar-refractivity contribution in [3.05, 3.63) is 0 Å². The molecule has 2 fully saturated rings. The van der Waals surface area contributed by atoms with Gasteiger partial charge in [0.25, 0.3) is 0 Å².